The SMILES string of the molecule is CC(C)n1ccc(CNC(C)(C)c2nccs2)n1. The maximum absolute atomic E-state index is 4.53. The molecule has 0 bridgehead atoms. The average Bonchev–Trinajstić information content (AvgIpc) is 2.98. The molecule has 0 aliphatic rings. The molecule has 0 atom stereocenters. The third-order valence-corrected chi connectivity index (χ3v) is 3.97. The predicted molar refractivity (Wildman–Crippen MR) is 74.6 cm³/mol. The minimum atomic E-state index is -0.115. The summed E-state index contributed by atoms with van der Waals surface area (Å²) in [4.78, 5) is 4.36. The van der Waals surface area contributed by atoms with Crippen LogP contribution in [0.1, 0.15) is 44.4 Å². The van der Waals surface area contributed by atoms with Gasteiger partial charge in [-0.25, -0.2) is 4.98 Å². The first-order valence-corrected chi connectivity index (χ1v) is 7.06. The fraction of sp³-hybridized carbons (Fsp3) is 0.538. The van der Waals surface area contributed by atoms with Crippen LogP contribution in [0.4, 0.5) is 0 Å². The van der Waals surface area contributed by atoms with Gasteiger partial charge in [0.1, 0.15) is 5.01 Å². The highest BCUT2D eigenvalue weighted by Gasteiger charge is 2.22. The Balaban J connectivity index is 1.98. The summed E-state index contributed by atoms with van der Waals surface area (Å²) in [6.07, 6.45) is 3.87. The third-order valence-electron chi connectivity index (χ3n) is 2.87. The van der Waals surface area contributed by atoms with Gasteiger partial charge < -0.3 is 5.32 Å². The van der Waals surface area contributed by atoms with Gasteiger partial charge in [-0.1, -0.05) is 0 Å². The zero-order valence-electron chi connectivity index (χ0n) is 11.3. The average molecular weight is 264 g/mol. The molecule has 0 aromatic carbocycles. The van der Waals surface area contributed by atoms with Gasteiger partial charge in [0, 0.05) is 30.4 Å². The van der Waals surface area contributed by atoms with E-state index in [9.17, 15) is 0 Å². The van der Waals surface area contributed by atoms with Crippen molar-refractivity contribution in [2.75, 3.05) is 0 Å². The molecule has 2 aromatic rings. The first-order chi connectivity index (χ1) is 8.49. The Morgan fingerprint density at radius 2 is 2.22 bits per heavy atom. The van der Waals surface area contributed by atoms with E-state index in [1.807, 2.05) is 22.5 Å². The van der Waals surface area contributed by atoms with Crippen LogP contribution in [-0.2, 0) is 12.1 Å². The second-order valence-electron chi connectivity index (χ2n) is 5.20. The molecule has 98 valence electrons. The highest BCUT2D eigenvalue weighted by atomic mass is 32.1. The van der Waals surface area contributed by atoms with Crippen molar-refractivity contribution >= 4 is 11.3 Å². The summed E-state index contributed by atoms with van der Waals surface area (Å²) in [5, 5.41) is 11.1. The summed E-state index contributed by atoms with van der Waals surface area (Å²) in [7, 11) is 0. The van der Waals surface area contributed by atoms with Crippen LogP contribution in [0.15, 0.2) is 23.8 Å². The second kappa shape index (κ2) is 5.20. The molecule has 0 radical (unpaired) electrons. The first kappa shape index (κ1) is 13.2. The maximum Gasteiger partial charge on any atom is 0.112 e. The lowest BCUT2D eigenvalue weighted by Crippen LogP contribution is -2.36. The Morgan fingerprint density at radius 1 is 1.44 bits per heavy atom. The van der Waals surface area contributed by atoms with E-state index < -0.39 is 0 Å². The molecule has 0 saturated heterocycles. The van der Waals surface area contributed by atoms with Crippen molar-refractivity contribution in [1.82, 2.24) is 20.1 Å². The van der Waals surface area contributed by atoms with Gasteiger partial charge in [-0.15, -0.1) is 11.3 Å². The van der Waals surface area contributed by atoms with Gasteiger partial charge in [0.2, 0.25) is 0 Å². The van der Waals surface area contributed by atoms with E-state index in [-0.39, 0.29) is 5.54 Å². The molecule has 4 nitrogen and oxygen atoms in total. The predicted octanol–water partition coefficient (Wildman–Crippen LogP) is 2.95. The number of rotatable bonds is 5. The molecule has 2 rings (SSSR count). The van der Waals surface area contributed by atoms with Crippen LogP contribution in [0.25, 0.3) is 0 Å². The van der Waals surface area contributed by atoms with Crippen LogP contribution < -0.4 is 5.32 Å². The lowest BCUT2D eigenvalue weighted by atomic mass is 10.1. The Bertz CT molecular complexity index is 485. The topological polar surface area (TPSA) is 42.7 Å². The van der Waals surface area contributed by atoms with Crippen molar-refractivity contribution in [3.63, 3.8) is 0 Å². The van der Waals surface area contributed by atoms with Gasteiger partial charge in [-0.05, 0) is 33.8 Å². The molecule has 0 spiro atoms. The fourth-order valence-electron chi connectivity index (χ4n) is 1.68. The number of nitrogens with zero attached hydrogens (tertiary/aromatic N) is 3. The van der Waals surface area contributed by atoms with E-state index in [0.29, 0.717) is 6.04 Å². The monoisotopic (exact) mass is 264 g/mol. The van der Waals surface area contributed by atoms with Crippen molar-refractivity contribution in [3.05, 3.63) is 34.5 Å². The summed E-state index contributed by atoms with van der Waals surface area (Å²) >= 11 is 1.68. The number of thiazole rings is 1. The molecule has 0 fully saturated rings. The molecule has 0 unspecified atom stereocenters. The van der Waals surface area contributed by atoms with Crippen LogP contribution in [0, 0.1) is 0 Å². The molecule has 1 N–H and O–H groups in total. The fourth-order valence-corrected chi connectivity index (χ4v) is 2.42. The Labute approximate surface area is 112 Å². The van der Waals surface area contributed by atoms with Crippen molar-refractivity contribution in [1.29, 1.82) is 0 Å². The summed E-state index contributed by atoms with van der Waals surface area (Å²) in [5.74, 6) is 0. The number of hydrogen-bond donors (Lipinski definition) is 1. The summed E-state index contributed by atoms with van der Waals surface area (Å²) < 4.78 is 1.98. The van der Waals surface area contributed by atoms with Crippen LogP contribution >= 0.6 is 11.3 Å². The zero-order valence-corrected chi connectivity index (χ0v) is 12.2. The molecule has 0 aliphatic heterocycles. The highest BCUT2D eigenvalue weighted by molar-refractivity contribution is 7.09. The van der Waals surface area contributed by atoms with E-state index in [0.717, 1.165) is 17.2 Å². The third kappa shape index (κ3) is 2.97. The van der Waals surface area contributed by atoms with Crippen LogP contribution in [0.2, 0.25) is 0 Å². The summed E-state index contributed by atoms with van der Waals surface area (Å²) in [6, 6.07) is 2.47. The van der Waals surface area contributed by atoms with Crippen molar-refractivity contribution in [2.24, 2.45) is 0 Å². The number of hydrogen-bond acceptors (Lipinski definition) is 4. The van der Waals surface area contributed by atoms with Gasteiger partial charge >= 0.3 is 0 Å². The summed E-state index contributed by atoms with van der Waals surface area (Å²) in [6.45, 7) is 9.30. The van der Waals surface area contributed by atoms with E-state index in [1.165, 1.54) is 0 Å². The first-order valence-electron chi connectivity index (χ1n) is 6.18. The molecule has 0 amide bonds. The molecular weight excluding hydrogens is 244 g/mol. The van der Waals surface area contributed by atoms with Gasteiger partial charge in [0.25, 0.3) is 0 Å². The summed E-state index contributed by atoms with van der Waals surface area (Å²) in [5.41, 5.74) is 0.948. The molecule has 2 heterocycles. The quantitative estimate of drug-likeness (QED) is 0.903. The molecule has 0 aliphatic carbocycles. The minimum absolute atomic E-state index is 0.115. The number of aromatic nitrogens is 3. The molecular formula is C13H20N4S. The van der Waals surface area contributed by atoms with Crippen LogP contribution in [0.5, 0.6) is 0 Å². The lowest BCUT2D eigenvalue weighted by Gasteiger charge is -2.23. The largest absolute Gasteiger partial charge is 0.300 e. The molecule has 5 heteroatoms. The van der Waals surface area contributed by atoms with E-state index >= 15 is 0 Å². The molecule has 2 aromatic heterocycles. The van der Waals surface area contributed by atoms with E-state index in [1.54, 1.807) is 11.3 Å². The van der Waals surface area contributed by atoms with Gasteiger partial charge in [0.05, 0.1) is 11.2 Å². The second-order valence-corrected chi connectivity index (χ2v) is 6.09. The lowest BCUT2D eigenvalue weighted by molar-refractivity contribution is 0.394. The van der Waals surface area contributed by atoms with Crippen molar-refractivity contribution in [3.8, 4) is 0 Å². The van der Waals surface area contributed by atoms with Crippen LogP contribution in [-0.4, -0.2) is 14.8 Å². The Hall–Kier alpha value is -1.20. The highest BCUT2D eigenvalue weighted by Crippen LogP contribution is 2.22. The Kier molecular flexibility index (Phi) is 3.82. The smallest absolute Gasteiger partial charge is 0.112 e. The molecule has 18 heavy (non-hydrogen) atoms. The number of nitrogens with one attached hydrogen (secondary N) is 1. The zero-order chi connectivity index (χ0) is 13.2. The Morgan fingerprint density at radius 3 is 2.78 bits per heavy atom. The van der Waals surface area contributed by atoms with Crippen molar-refractivity contribution in [2.45, 2.75) is 45.8 Å². The van der Waals surface area contributed by atoms with E-state index in [2.05, 4.69) is 49.2 Å². The van der Waals surface area contributed by atoms with Crippen LogP contribution in [0.3, 0.4) is 0 Å². The van der Waals surface area contributed by atoms with Gasteiger partial charge in [-0.2, -0.15) is 5.10 Å². The molecule has 0 saturated carbocycles. The van der Waals surface area contributed by atoms with Crippen molar-refractivity contribution < 1.29 is 0 Å². The standard InChI is InChI=1S/C13H20N4S/c1-10(2)17-7-5-11(16-17)9-15-13(3,4)12-14-6-8-18-12/h5-8,10,15H,9H2,1-4H3. The van der Waals surface area contributed by atoms with Gasteiger partial charge in [-0.3, -0.25) is 4.68 Å². The normalized spacial score (nSPS) is 12.3. The minimum Gasteiger partial charge on any atom is -0.300 e. The van der Waals surface area contributed by atoms with E-state index in [4.69, 9.17) is 0 Å². The van der Waals surface area contributed by atoms with Gasteiger partial charge in [0.15, 0.2) is 0 Å². The maximum atomic E-state index is 4.53.